The molecule has 112 valence electrons. The van der Waals surface area contributed by atoms with Crippen molar-refractivity contribution in [1.82, 2.24) is 5.32 Å². The summed E-state index contributed by atoms with van der Waals surface area (Å²) in [5, 5.41) is 4.64. The molecule has 0 aromatic carbocycles. The van der Waals surface area contributed by atoms with Crippen molar-refractivity contribution < 1.29 is 14.3 Å². The topological polar surface area (TPSA) is 55.4 Å². The third-order valence-electron chi connectivity index (χ3n) is 2.68. The van der Waals surface area contributed by atoms with Crippen LogP contribution in [0.1, 0.15) is 49.9 Å². The van der Waals surface area contributed by atoms with E-state index in [-0.39, 0.29) is 11.8 Å². The minimum absolute atomic E-state index is 0.0333. The monoisotopic (exact) mass is 297 g/mol. The second kappa shape index (κ2) is 6.39. The average molecular weight is 297 g/mol. The summed E-state index contributed by atoms with van der Waals surface area (Å²) in [5.41, 5.74) is 0.354. The van der Waals surface area contributed by atoms with E-state index in [0.717, 1.165) is 5.56 Å². The van der Waals surface area contributed by atoms with Crippen LogP contribution >= 0.6 is 11.3 Å². The van der Waals surface area contributed by atoms with Crippen molar-refractivity contribution in [3.05, 3.63) is 21.9 Å². The van der Waals surface area contributed by atoms with Gasteiger partial charge in [-0.25, -0.2) is 4.79 Å². The second-order valence-corrected chi connectivity index (χ2v) is 7.08. The third-order valence-corrected chi connectivity index (χ3v) is 3.70. The zero-order chi connectivity index (χ0) is 15.5. The van der Waals surface area contributed by atoms with Crippen LogP contribution in [0.25, 0.3) is 0 Å². The Bertz CT molecular complexity index is 486. The van der Waals surface area contributed by atoms with Gasteiger partial charge < -0.3 is 10.1 Å². The summed E-state index contributed by atoms with van der Waals surface area (Å²) >= 11 is 1.37. The van der Waals surface area contributed by atoms with Crippen LogP contribution in [0.4, 0.5) is 0 Å². The van der Waals surface area contributed by atoms with Crippen LogP contribution in [-0.4, -0.2) is 23.5 Å². The van der Waals surface area contributed by atoms with Gasteiger partial charge in [-0.05, 0) is 50.6 Å². The minimum Gasteiger partial charge on any atom is -0.458 e. The highest BCUT2D eigenvalue weighted by molar-refractivity contribution is 7.12. The molecule has 0 spiro atoms. The summed E-state index contributed by atoms with van der Waals surface area (Å²) < 4.78 is 5.36. The van der Waals surface area contributed by atoms with E-state index in [0.29, 0.717) is 4.88 Å². The molecule has 1 amide bonds. The number of hydrogen-bond acceptors (Lipinski definition) is 4. The molecule has 1 N–H and O–H groups in total. The van der Waals surface area contributed by atoms with Gasteiger partial charge in [-0.15, -0.1) is 11.3 Å². The van der Waals surface area contributed by atoms with E-state index in [9.17, 15) is 9.59 Å². The molecule has 4 nitrogen and oxygen atoms in total. The molecule has 20 heavy (non-hydrogen) atoms. The standard InChI is InChI=1S/C15H23NO3S/c1-9(2)11(14(18)19-15(4,5)6)16-13(17)12-10(3)7-8-20-12/h7-9,11H,1-6H3,(H,16,17)/t11-/m1/s1. The number of esters is 1. The molecule has 1 aromatic rings. The molecule has 1 rings (SSSR count). The van der Waals surface area contributed by atoms with Gasteiger partial charge in [-0.3, -0.25) is 4.79 Å². The normalized spacial score (nSPS) is 13.2. The minimum atomic E-state index is -0.636. The predicted molar refractivity (Wildman–Crippen MR) is 81.0 cm³/mol. The molecule has 1 heterocycles. The SMILES string of the molecule is Cc1ccsc1C(=O)N[C@@H](C(=O)OC(C)(C)C)C(C)C. The molecule has 0 unspecified atom stereocenters. The van der Waals surface area contributed by atoms with Crippen LogP contribution in [0.2, 0.25) is 0 Å². The number of thiophene rings is 1. The van der Waals surface area contributed by atoms with Gasteiger partial charge in [0.15, 0.2) is 0 Å². The predicted octanol–water partition coefficient (Wildman–Crippen LogP) is 3.15. The molecule has 5 heteroatoms. The first-order valence-electron chi connectivity index (χ1n) is 6.69. The van der Waals surface area contributed by atoms with Gasteiger partial charge in [-0.2, -0.15) is 0 Å². The lowest BCUT2D eigenvalue weighted by molar-refractivity contribution is -0.158. The van der Waals surface area contributed by atoms with E-state index in [1.807, 2.05) is 53.0 Å². The van der Waals surface area contributed by atoms with Gasteiger partial charge in [0.1, 0.15) is 11.6 Å². The van der Waals surface area contributed by atoms with E-state index in [4.69, 9.17) is 4.74 Å². The first-order valence-corrected chi connectivity index (χ1v) is 7.57. The van der Waals surface area contributed by atoms with Crippen molar-refractivity contribution >= 4 is 23.2 Å². The van der Waals surface area contributed by atoms with Crippen LogP contribution in [0.3, 0.4) is 0 Å². The molecule has 0 saturated heterocycles. The third kappa shape index (κ3) is 4.63. The van der Waals surface area contributed by atoms with Crippen LogP contribution < -0.4 is 5.32 Å². The quantitative estimate of drug-likeness (QED) is 0.869. The van der Waals surface area contributed by atoms with Crippen LogP contribution in [0, 0.1) is 12.8 Å². The summed E-state index contributed by atoms with van der Waals surface area (Å²) in [5.74, 6) is -0.647. The van der Waals surface area contributed by atoms with E-state index in [1.165, 1.54) is 11.3 Å². The maximum Gasteiger partial charge on any atom is 0.329 e. The van der Waals surface area contributed by atoms with Crippen molar-refractivity contribution in [2.24, 2.45) is 5.92 Å². The van der Waals surface area contributed by atoms with Crippen LogP contribution in [-0.2, 0) is 9.53 Å². The molecule has 0 fully saturated rings. The van der Waals surface area contributed by atoms with Crippen molar-refractivity contribution in [3.63, 3.8) is 0 Å². The molecule has 1 aromatic heterocycles. The van der Waals surface area contributed by atoms with Crippen LogP contribution in [0.15, 0.2) is 11.4 Å². The Morgan fingerprint density at radius 2 is 1.90 bits per heavy atom. The number of ether oxygens (including phenoxy) is 1. The number of carbonyl (C=O) groups excluding carboxylic acids is 2. The fourth-order valence-corrected chi connectivity index (χ4v) is 2.50. The average Bonchev–Trinajstić information content (AvgIpc) is 2.69. The highest BCUT2D eigenvalue weighted by atomic mass is 32.1. The Kier molecular flexibility index (Phi) is 5.34. The summed E-state index contributed by atoms with van der Waals surface area (Å²) in [6.07, 6.45) is 0. The van der Waals surface area contributed by atoms with Gasteiger partial charge in [-0.1, -0.05) is 13.8 Å². The first kappa shape index (κ1) is 16.7. The van der Waals surface area contributed by atoms with Crippen molar-refractivity contribution in [2.75, 3.05) is 0 Å². The van der Waals surface area contributed by atoms with Crippen LogP contribution in [0.5, 0.6) is 0 Å². The van der Waals surface area contributed by atoms with Gasteiger partial charge >= 0.3 is 5.97 Å². The molecule has 0 radical (unpaired) electrons. The Hall–Kier alpha value is -1.36. The maximum atomic E-state index is 12.2. The molecule has 0 aliphatic carbocycles. The maximum absolute atomic E-state index is 12.2. The fourth-order valence-electron chi connectivity index (χ4n) is 1.68. The summed E-state index contributed by atoms with van der Waals surface area (Å²) in [7, 11) is 0. The number of hydrogen-bond donors (Lipinski definition) is 1. The van der Waals surface area contributed by atoms with Crippen molar-refractivity contribution in [3.8, 4) is 0 Å². The largest absolute Gasteiger partial charge is 0.458 e. The molecular weight excluding hydrogens is 274 g/mol. The van der Waals surface area contributed by atoms with Gasteiger partial charge in [0.2, 0.25) is 0 Å². The number of amides is 1. The van der Waals surface area contributed by atoms with E-state index in [1.54, 1.807) is 0 Å². The molecular formula is C15H23NO3S. The second-order valence-electron chi connectivity index (χ2n) is 6.16. The summed E-state index contributed by atoms with van der Waals surface area (Å²) in [6, 6.07) is 1.25. The number of rotatable bonds is 4. The Morgan fingerprint density at radius 3 is 2.30 bits per heavy atom. The first-order chi connectivity index (χ1) is 9.11. The molecule has 0 bridgehead atoms. The Balaban J connectivity index is 2.81. The molecule has 0 aliphatic heterocycles. The summed E-state index contributed by atoms with van der Waals surface area (Å²) in [6.45, 7) is 11.1. The van der Waals surface area contributed by atoms with Crippen molar-refractivity contribution in [2.45, 2.75) is 53.2 Å². The van der Waals surface area contributed by atoms with Crippen molar-refractivity contribution in [1.29, 1.82) is 0 Å². The highest BCUT2D eigenvalue weighted by Gasteiger charge is 2.29. The summed E-state index contributed by atoms with van der Waals surface area (Å²) in [4.78, 5) is 25.0. The molecule has 0 saturated carbocycles. The molecule has 1 atom stereocenters. The van der Waals surface area contributed by atoms with Gasteiger partial charge in [0.25, 0.3) is 5.91 Å². The van der Waals surface area contributed by atoms with E-state index in [2.05, 4.69) is 5.32 Å². The lowest BCUT2D eigenvalue weighted by Crippen LogP contribution is -2.47. The number of carbonyl (C=O) groups is 2. The van der Waals surface area contributed by atoms with E-state index >= 15 is 0 Å². The lowest BCUT2D eigenvalue weighted by atomic mass is 10.0. The smallest absolute Gasteiger partial charge is 0.329 e. The molecule has 0 aliphatic rings. The lowest BCUT2D eigenvalue weighted by Gasteiger charge is -2.26. The van der Waals surface area contributed by atoms with Gasteiger partial charge in [0.05, 0.1) is 4.88 Å². The Morgan fingerprint density at radius 1 is 1.30 bits per heavy atom. The fraction of sp³-hybridized carbons (Fsp3) is 0.600. The number of aryl methyl sites for hydroxylation is 1. The highest BCUT2D eigenvalue weighted by Crippen LogP contribution is 2.17. The zero-order valence-electron chi connectivity index (χ0n) is 12.9. The van der Waals surface area contributed by atoms with E-state index < -0.39 is 17.6 Å². The Labute approximate surface area is 124 Å². The number of nitrogens with one attached hydrogen (secondary N) is 1. The zero-order valence-corrected chi connectivity index (χ0v) is 13.8. The van der Waals surface area contributed by atoms with Gasteiger partial charge in [0, 0.05) is 0 Å².